The van der Waals surface area contributed by atoms with Gasteiger partial charge in [0.2, 0.25) is 0 Å². The Kier molecular flexibility index (Phi) is 4.46. The van der Waals surface area contributed by atoms with E-state index in [0.717, 1.165) is 21.7 Å². The molecule has 4 heteroatoms. The van der Waals surface area contributed by atoms with Crippen molar-refractivity contribution in [3.8, 4) is 0 Å². The first-order valence-electron chi connectivity index (χ1n) is 5.34. The predicted octanol–water partition coefficient (Wildman–Crippen LogP) is 6.03. The second-order valence-corrected chi connectivity index (χ2v) is 6.22. The molecule has 1 atom stereocenters. The zero-order valence-electron chi connectivity index (χ0n) is 9.55. The minimum absolute atomic E-state index is 0.00694. The number of rotatable bonds is 2. The summed E-state index contributed by atoms with van der Waals surface area (Å²) in [6.07, 6.45) is 0. The van der Waals surface area contributed by atoms with Crippen molar-refractivity contribution in [1.82, 2.24) is 0 Å². The van der Waals surface area contributed by atoms with E-state index < -0.39 is 0 Å². The number of halogens is 4. The standard InChI is InChI=1S/C14H10Br2ClF/c1-8-2-3-10(7-12(8)17)14(16)9-4-5-13(18)11(15)6-9/h2-7,14H,1H3. The molecule has 2 aromatic rings. The Labute approximate surface area is 127 Å². The van der Waals surface area contributed by atoms with Gasteiger partial charge in [-0.15, -0.1) is 0 Å². The molecule has 0 saturated carbocycles. The molecule has 94 valence electrons. The average molecular weight is 392 g/mol. The Morgan fingerprint density at radius 3 is 2.33 bits per heavy atom. The largest absolute Gasteiger partial charge is 0.206 e. The molecule has 0 bridgehead atoms. The summed E-state index contributed by atoms with van der Waals surface area (Å²) >= 11 is 12.9. The van der Waals surface area contributed by atoms with Crippen LogP contribution in [0.5, 0.6) is 0 Å². The highest BCUT2D eigenvalue weighted by molar-refractivity contribution is 9.10. The molecule has 0 radical (unpaired) electrons. The summed E-state index contributed by atoms with van der Waals surface area (Å²) in [5.41, 5.74) is 3.06. The Bertz CT molecular complexity index is 533. The quantitative estimate of drug-likeness (QED) is 0.547. The van der Waals surface area contributed by atoms with Crippen LogP contribution in [0.15, 0.2) is 40.9 Å². The lowest BCUT2D eigenvalue weighted by Crippen LogP contribution is -1.94. The van der Waals surface area contributed by atoms with Gasteiger partial charge in [-0.05, 0) is 57.7 Å². The molecule has 0 aliphatic carbocycles. The van der Waals surface area contributed by atoms with E-state index in [1.54, 1.807) is 12.1 Å². The number of benzene rings is 2. The van der Waals surface area contributed by atoms with Crippen molar-refractivity contribution >= 4 is 43.5 Å². The van der Waals surface area contributed by atoms with Crippen LogP contribution in [-0.2, 0) is 0 Å². The van der Waals surface area contributed by atoms with E-state index in [9.17, 15) is 4.39 Å². The summed E-state index contributed by atoms with van der Waals surface area (Å²) < 4.78 is 13.7. The van der Waals surface area contributed by atoms with Gasteiger partial charge in [0, 0.05) is 5.02 Å². The van der Waals surface area contributed by atoms with E-state index in [1.807, 2.05) is 25.1 Å². The van der Waals surface area contributed by atoms with Crippen LogP contribution in [-0.4, -0.2) is 0 Å². The predicted molar refractivity (Wildman–Crippen MR) is 81.1 cm³/mol. The molecular formula is C14H10Br2ClF. The first kappa shape index (κ1) is 14.0. The van der Waals surface area contributed by atoms with Crippen molar-refractivity contribution < 1.29 is 4.39 Å². The van der Waals surface area contributed by atoms with Crippen LogP contribution in [0.1, 0.15) is 21.5 Å². The third-order valence-corrected chi connectivity index (χ3v) is 4.80. The minimum atomic E-state index is -0.264. The highest BCUT2D eigenvalue weighted by Gasteiger charge is 2.13. The van der Waals surface area contributed by atoms with Crippen LogP contribution in [0.25, 0.3) is 0 Å². The lowest BCUT2D eigenvalue weighted by Gasteiger charge is -2.12. The molecule has 2 aromatic carbocycles. The fraction of sp³-hybridized carbons (Fsp3) is 0.143. The third-order valence-electron chi connectivity index (χ3n) is 2.72. The summed E-state index contributed by atoms with van der Waals surface area (Å²) in [6, 6.07) is 10.9. The molecule has 0 fully saturated rings. The molecule has 0 aliphatic heterocycles. The van der Waals surface area contributed by atoms with Crippen LogP contribution in [0.3, 0.4) is 0 Å². The molecule has 0 N–H and O–H groups in total. The maximum atomic E-state index is 13.2. The fourth-order valence-electron chi connectivity index (χ4n) is 1.63. The van der Waals surface area contributed by atoms with Crippen LogP contribution in [0.4, 0.5) is 4.39 Å². The molecule has 0 heterocycles. The number of hydrogen-bond acceptors (Lipinski definition) is 0. The van der Waals surface area contributed by atoms with E-state index in [4.69, 9.17) is 11.6 Å². The van der Waals surface area contributed by atoms with Gasteiger partial charge in [0.05, 0.1) is 9.30 Å². The van der Waals surface area contributed by atoms with Crippen LogP contribution >= 0.6 is 43.5 Å². The highest BCUT2D eigenvalue weighted by atomic mass is 79.9. The fourth-order valence-corrected chi connectivity index (χ4v) is 2.78. The Hall–Kier alpha value is -0.380. The zero-order chi connectivity index (χ0) is 13.3. The van der Waals surface area contributed by atoms with Gasteiger partial charge < -0.3 is 0 Å². The first-order chi connectivity index (χ1) is 8.49. The monoisotopic (exact) mass is 390 g/mol. The lowest BCUT2D eigenvalue weighted by atomic mass is 10.0. The summed E-state index contributed by atoms with van der Waals surface area (Å²) in [4.78, 5) is -0.00694. The lowest BCUT2D eigenvalue weighted by molar-refractivity contribution is 0.620. The molecule has 0 aliphatic rings. The van der Waals surface area contributed by atoms with Crippen molar-refractivity contribution in [2.45, 2.75) is 11.8 Å². The molecule has 0 amide bonds. The summed E-state index contributed by atoms with van der Waals surface area (Å²) in [5, 5.41) is 0.734. The van der Waals surface area contributed by atoms with E-state index in [2.05, 4.69) is 31.9 Å². The second kappa shape index (κ2) is 5.72. The molecule has 0 aromatic heterocycles. The van der Waals surface area contributed by atoms with Crippen molar-refractivity contribution in [3.05, 3.63) is 68.4 Å². The SMILES string of the molecule is Cc1ccc(C(Br)c2ccc(F)c(Br)c2)cc1Cl. The number of aryl methyl sites for hydroxylation is 1. The van der Waals surface area contributed by atoms with Gasteiger partial charge in [-0.2, -0.15) is 0 Å². The van der Waals surface area contributed by atoms with Gasteiger partial charge in [0.1, 0.15) is 5.82 Å². The highest BCUT2D eigenvalue weighted by Crippen LogP contribution is 2.34. The maximum absolute atomic E-state index is 13.2. The molecule has 18 heavy (non-hydrogen) atoms. The van der Waals surface area contributed by atoms with Crippen LogP contribution < -0.4 is 0 Å². The van der Waals surface area contributed by atoms with Gasteiger partial charge in [-0.3, -0.25) is 0 Å². The van der Waals surface area contributed by atoms with Crippen molar-refractivity contribution in [3.63, 3.8) is 0 Å². The molecule has 0 nitrogen and oxygen atoms in total. The Balaban J connectivity index is 2.37. The van der Waals surface area contributed by atoms with Crippen molar-refractivity contribution in [2.75, 3.05) is 0 Å². The molecule has 0 spiro atoms. The molecule has 1 unspecified atom stereocenters. The van der Waals surface area contributed by atoms with Gasteiger partial charge in [-0.25, -0.2) is 4.39 Å². The van der Waals surface area contributed by atoms with Crippen LogP contribution in [0.2, 0.25) is 5.02 Å². The van der Waals surface area contributed by atoms with Crippen molar-refractivity contribution in [2.24, 2.45) is 0 Å². The summed E-state index contributed by atoms with van der Waals surface area (Å²) in [7, 11) is 0. The van der Waals surface area contributed by atoms with E-state index >= 15 is 0 Å². The summed E-state index contributed by atoms with van der Waals surface area (Å²) in [5.74, 6) is -0.264. The maximum Gasteiger partial charge on any atom is 0.137 e. The van der Waals surface area contributed by atoms with Gasteiger partial charge >= 0.3 is 0 Å². The average Bonchev–Trinajstić information content (AvgIpc) is 2.35. The van der Waals surface area contributed by atoms with Gasteiger partial charge in [-0.1, -0.05) is 45.7 Å². The molecule has 2 rings (SSSR count). The third kappa shape index (κ3) is 2.95. The Morgan fingerprint density at radius 2 is 1.72 bits per heavy atom. The number of hydrogen-bond donors (Lipinski definition) is 0. The van der Waals surface area contributed by atoms with E-state index in [-0.39, 0.29) is 10.6 Å². The first-order valence-corrected chi connectivity index (χ1v) is 7.43. The van der Waals surface area contributed by atoms with Crippen molar-refractivity contribution in [1.29, 1.82) is 0 Å². The minimum Gasteiger partial charge on any atom is -0.206 e. The molecule has 0 saturated heterocycles. The van der Waals surface area contributed by atoms with Gasteiger partial charge in [0.15, 0.2) is 0 Å². The van der Waals surface area contributed by atoms with E-state index in [1.165, 1.54) is 6.07 Å². The topological polar surface area (TPSA) is 0 Å². The smallest absolute Gasteiger partial charge is 0.137 e. The summed E-state index contributed by atoms with van der Waals surface area (Å²) in [6.45, 7) is 1.96. The van der Waals surface area contributed by atoms with E-state index in [0.29, 0.717) is 4.47 Å². The normalized spacial score (nSPS) is 12.5. The number of alkyl halides is 1. The molecular weight excluding hydrogens is 382 g/mol. The Morgan fingerprint density at radius 1 is 1.11 bits per heavy atom. The zero-order valence-corrected chi connectivity index (χ0v) is 13.5. The van der Waals surface area contributed by atoms with Crippen LogP contribution in [0, 0.1) is 12.7 Å². The second-order valence-electron chi connectivity index (χ2n) is 4.04. The van der Waals surface area contributed by atoms with Gasteiger partial charge in [0.25, 0.3) is 0 Å².